The average Bonchev–Trinajstić information content (AvgIpc) is 2.76. The number of nitrogens with zero attached hydrogens (tertiary/aromatic N) is 2. The Hall–Kier alpha value is -0.940. The maximum Gasteiger partial charge on any atom is 0.130 e. The Morgan fingerprint density at radius 1 is 1.56 bits per heavy atom. The van der Waals surface area contributed by atoms with Crippen LogP contribution in [0, 0.1) is 6.92 Å². The van der Waals surface area contributed by atoms with E-state index in [-0.39, 0.29) is 0 Å². The van der Waals surface area contributed by atoms with Gasteiger partial charge in [-0.1, -0.05) is 12.8 Å². The molecular formula is C11H17N3OS. The summed E-state index contributed by atoms with van der Waals surface area (Å²) in [7, 11) is 1.76. The smallest absolute Gasteiger partial charge is 0.130 e. The predicted octanol–water partition coefficient (Wildman–Crippen LogP) is 1.87. The average molecular weight is 239 g/mol. The number of hydrogen-bond acceptors (Lipinski definition) is 5. The summed E-state index contributed by atoms with van der Waals surface area (Å²) in [5, 5.41) is 0. The summed E-state index contributed by atoms with van der Waals surface area (Å²) in [6.07, 6.45) is 1.39. The van der Waals surface area contributed by atoms with Crippen LogP contribution in [-0.2, 0) is 4.74 Å². The maximum absolute atomic E-state index is 5.35. The highest BCUT2D eigenvalue weighted by molar-refractivity contribution is 7.81. The van der Waals surface area contributed by atoms with Gasteiger partial charge in [-0.25, -0.2) is 4.98 Å². The first kappa shape index (κ1) is 11.5. The number of nitrogens with one attached hydrogen (secondary N) is 1. The second-order valence-electron chi connectivity index (χ2n) is 4.06. The summed E-state index contributed by atoms with van der Waals surface area (Å²) in [6.45, 7) is 3.90. The molecule has 4 nitrogen and oxygen atoms in total. The number of aromatic nitrogens is 1. The highest BCUT2D eigenvalue weighted by Gasteiger charge is 2.23. The lowest BCUT2D eigenvalue weighted by molar-refractivity contribution is 0.121. The third-order valence-corrected chi connectivity index (χ3v) is 3.13. The van der Waals surface area contributed by atoms with Gasteiger partial charge >= 0.3 is 0 Å². The first-order valence-electron chi connectivity index (χ1n) is 5.39. The number of anilines is 2. The third-order valence-electron chi connectivity index (χ3n) is 2.87. The zero-order valence-electron chi connectivity index (χ0n) is 9.60. The van der Waals surface area contributed by atoms with Gasteiger partial charge in [-0.3, -0.25) is 0 Å². The van der Waals surface area contributed by atoms with E-state index in [1.54, 1.807) is 7.11 Å². The molecule has 0 spiro atoms. The number of hydrogen-bond donors (Lipinski definition) is 2. The fourth-order valence-electron chi connectivity index (χ4n) is 2.01. The van der Waals surface area contributed by atoms with Crippen LogP contribution in [0.1, 0.15) is 12.1 Å². The molecule has 0 radical (unpaired) electrons. The molecule has 0 amide bonds. The number of ether oxygens (including phenoxy) is 1. The summed E-state index contributed by atoms with van der Waals surface area (Å²) in [4.78, 5) is 6.77. The van der Waals surface area contributed by atoms with E-state index >= 15 is 0 Å². The zero-order chi connectivity index (χ0) is 11.5. The highest BCUT2D eigenvalue weighted by atomic mass is 32.1. The van der Waals surface area contributed by atoms with Crippen molar-refractivity contribution in [3.05, 3.63) is 17.8 Å². The Labute approximate surface area is 102 Å². The van der Waals surface area contributed by atoms with Gasteiger partial charge in [0, 0.05) is 37.6 Å². The molecule has 1 aliphatic rings. The van der Waals surface area contributed by atoms with Gasteiger partial charge in [0.05, 0.1) is 6.10 Å². The third kappa shape index (κ3) is 2.41. The Morgan fingerprint density at radius 3 is 3.00 bits per heavy atom. The molecule has 1 atom stereocenters. The van der Waals surface area contributed by atoms with E-state index in [2.05, 4.69) is 27.4 Å². The molecule has 88 valence electrons. The van der Waals surface area contributed by atoms with E-state index in [1.807, 2.05) is 19.1 Å². The van der Waals surface area contributed by atoms with E-state index in [0.29, 0.717) is 6.10 Å². The maximum atomic E-state index is 5.35. The topological polar surface area (TPSA) is 37.4 Å². The van der Waals surface area contributed by atoms with Gasteiger partial charge in [0.25, 0.3) is 0 Å². The minimum absolute atomic E-state index is 0.328. The molecule has 2 rings (SSSR count). The van der Waals surface area contributed by atoms with Crippen LogP contribution in [0.5, 0.6) is 0 Å². The van der Waals surface area contributed by atoms with Crippen LogP contribution < -0.4 is 9.62 Å². The summed E-state index contributed by atoms with van der Waals surface area (Å²) in [6, 6.07) is 3.98. The van der Waals surface area contributed by atoms with Crippen molar-refractivity contribution in [3.8, 4) is 0 Å². The van der Waals surface area contributed by atoms with Crippen molar-refractivity contribution in [2.24, 2.45) is 0 Å². The molecule has 0 bridgehead atoms. The Morgan fingerprint density at radius 2 is 2.38 bits per heavy atom. The van der Waals surface area contributed by atoms with E-state index < -0.39 is 0 Å². The van der Waals surface area contributed by atoms with Crippen molar-refractivity contribution in [1.82, 2.24) is 4.98 Å². The van der Waals surface area contributed by atoms with Gasteiger partial charge < -0.3 is 14.4 Å². The molecule has 2 heterocycles. The number of methoxy groups -OCH3 is 1. The molecule has 1 fully saturated rings. The summed E-state index contributed by atoms with van der Waals surface area (Å²) in [5.41, 5.74) is 1.97. The van der Waals surface area contributed by atoms with Crippen LogP contribution in [0.2, 0.25) is 0 Å². The fraction of sp³-hybridized carbons (Fsp3) is 0.545. The van der Waals surface area contributed by atoms with Crippen LogP contribution >= 0.6 is 12.8 Å². The van der Waals surface area contributed by atoms with Crippen molar-refractivity contribution in [2.75, 3.05) is 29.8 Å². The molecule has 0 unspecified atom stereocenters. The molecule has 5 heteroatoms. The quantitative estimate of drug-likeness (QED) is 0.790. The lowest BCUT2D eigenvalue weighted by Gasteiger charge is -2.18. The monoisotopic (exact) mass is 239 g/mol. The Balaban J connectivity index is 2.17. The summed E-state index contributed by atoms with van der Waals surface area (Å²) in [5.74, 6) is 0.996. The molecule has 1 aromatic heterocycles. The number of pyridine rings is 1. The second kappa shape index (κ2) is 4.93. The molecule has 1 aliphatic heterocycles. The van der Waals surface area contributed by atoms with Gasteiger partial charge in [0.2, 0.25) is 0 Å². The molecule has 1 N–H and O–H groups in total. The fourth-order valence-corrected chi connectivity index (χ4v) is 2.14. The minimum atomic E-state index is 0.328. The minimum Gasteiger partial charge on any atom is -0.380 e. The first-order chi connectivity index (χ1) is 7.72. The van der Waals surface area contributed by atoms with Crippen LogP contribution in [0.4, 0.5) is 11.5 Å². The Kier molecular flexibility index (Phi) is 3.56. The van der Waals surface area contributed by atoms with E-state index in [9.17, 15) is 0 Å². The zero-order valence-corrected chi connectivity index (χ0v) is 10.5. The number of thiol groups is 1. The van der Waals surface area contributed by atoms with Gasteiger partial charge in [-0.05, 0) is 19.4 Å². The largest absolute Gasteiger partial charge is 0.380 e. The standard InChI is InChI=1S/C11H17N3OS/c1-8-5-9(13-16)6-11(12-8)14-4-3-10(7-14)15-2/h5-6,10,16H,3-4,7H2,1-2H3,(H,12,13)/t10-/m0/s1. The number of rotatable bonds is 3. The van der Waals surface area contributed by atoms with Gasteiger partial charge in [0.15, 0.2) is 0 Å². The normalized spacial score (nSPS) is 20.2. The Bertz CT molecular complexity index is 372. The van der Waals surface area contributed by atoms with Gasteiger partial charge in [-0.2, -0.15) is 0 Å². The molecule has 16 heavy (non-hydrogen) atoms. The van der Waals surface area contributed by atoms with Crippen molar-refractivity contribution < 1.29 is 4.74 Å². The van der Waals surface area contributed by atoms with E-state index in [1.165, 1.54) is 0 Å². The molecular weight excluding hydrogens is 222 g/mol. The lowest BCUT2D eigenvalue weighted by atomic mass is 10.3. The summed E-state index contributed by atoms with van der Waals surface area (Å²) < 4.78 is 8.20. The van der Waals surface area contributed by atoms with Gasteiger partial charge in [0.1, 0.15) is 5.82 Å². The lowest BCUT2D eigenvalue weighted by Crippen LogP contribution is -2.23. The molecule has 0 aliphatic carbocycles. The van der Waals surface area contributed by atoms with Crippen LogP contribution in [0.3, 0.4) is 0 Å². The van der Waals surface area contributed by atoms with Crippen molar-refractivity contribution in [2.45, 2.75) is 19.4 Å². The second-order valence-corrected chi connectivity index (χ2v) is 4.28. The molecule has 1 saturated heterocycles. The van der Waals surface area contributed by atoms with Crippen molar-refractivity contribution in [3.63, 3.8) is 0 Å². The van der Waals surface area contributed by atoms with E-state index in [0.717, 1.165) is 36.7 Å². The van der Waals surface area contributed by atoms with E-state index in [4.69, 9.17) is 4.74 Å². The van der Waals surface area contributed by atoms with Gasteiger partial charge in [-0.15, -0.1) is 0 Å². The van der Waals surface area contributed by atoms with Crippen molar-refractivity contribution in [1.29, 1.82) is 0 Å². The van der Waals surface area contributed by atoms with Crippen LogP contribution in [-0.4, -0.2) is 31.3 Å². The molecule has 1 aromatic rings. The molecule has 0 saturated carbocycles. The molecule has 0 aromatic carbocycles. The van der Waals surface area contributed by atoms with Crippen LogP contribution in [0.15, 0.2) is 12.1 Å². The van der Waals surface area contributed by atoms with Crippen LogP contribution in [0.25, 0.3) is 0 Å². The summed E-state index contributed by atoms with van der Waals surface area (Å²) >= 11 is 4.06. The highest BCUT2D eigenvalue weighted by Crippen LogP contribution is 2.23. The number of aryl methyl sites for hydroxylation is 1. The first-order valence-corrected chi connectivity index (χ1v) is 5.84. The SMILES string of the molecule is CO[C@H]1CCN(c2cc(NS)cc(C)n2)C1. The van der Waals surface area contributed by atoms with Crippen molar-refractivity contribution >= 4 is 24.3 Å². The predicted molar refractivity (Wildman–Crippen MR) is 69.2 cm³/mol.